The number of carboxylic acid groups (broad SMARTS) is 1. The number of hydrogen-bond acceptors (Lipinski definition) is 2. The van der Waals surface area contributed by atoms with Crippen molar-refractivity contribution in [1.29, 1.82) is 0 Å². The molecule has 0 saturated carbocycles. The quantitative estimate of drug-likeness (QED) is 0.766. The number of nitrogens with one attached hydrogen (secondary N) is 1. The molecule has 0 aliphatic heterocycles. The molecule has 0 fully saturated rings. The molecule has 0 saturated heterocycles. The Morgan fingerprint density at radius 2 is 1.48 bits per heavy atom. The minimum absolute atomic E-state index is 0.000151. The van der Waals surface area contributed by atoms with Crippen LogP contribution in [0.5, 0.6) is 0 Å². The second-order valence-electron chi connectivity index (χ2n) is 4.71. The average molecular weight is 281 g/mol. The van der Waals surface area contributed by atoms with E-state index in [4.69, 9.17) is 5.11 Å². The van der Waals surface area contributed by atoms with Crippen molar-refractivity contribution in [2.75, 3.05) is 13.1 Å². The van der Waals surface area contributed by atoms with E-state index in [1.54, 1.807) is 0 Å². The summed E-state index contributed by atoms with van der Waals surface area (Å²) in [6.45, 7) is 0.648. The van der Waals surface area contributed by atoms with Crippen molar-refractivity contribution >= 4 is 11.5 Å². The van der Waals surface area contributed by atoms with Crippen LogP contribution >= 0.6 is 0 Å². The van der Waals surface area contributed by atoms with Crippen LogP contribution in [0.3, 0.4) is 0 Å². The summed E-state index contributed by atoms with van der Waals surface area (Å²) in [7, 11) is 0. The zero-order chi connectivity index (χ0) is 14.9. The van der Waals surface area contributed by atoms with Crippen molar-refractivity contribution in [2.45, 2.75) is 6.42 Å². The number of carbonyl (C=O) groups is 1. The molecular formula is C18H19NO2. The van der Waals surface area contributed by atoms with Gasteiger partial charge in [0.2, 0.25) is 0 Å². The number of rotatable bonds is 7. The highest BCUT2D eigenvalue weighted by molar-refractivity contribution is 5.79. The van der Waals surface area contributed by atoms with Crippen molar-refractivity contribution in [3.05, 3.63) is 77.9 Å². The zero-order valence-corrected chi connectivity index (χ0v) is 11.8. The van der Waals surface area contributed by atoms with Gasteiger partial charge >= 0.3 is 5.97 Å². The molecular weight excluding hydrogens is 262 g/mol. The van der Waals surface area contributed by atoms with Gasteiger partial charge in [0.25, 0.3) is 0 Å². The van der Waals surface area contributed by atoms with E-state index in [9.17, 15) is 4.79 Å². The molecule has 0 amide bonds. The molecule has 3 nitrogen and oxygen atoms in total. The summed E-state index contributed by atoms with van der Waals surface area (Å²) in [5.41, 5.74) is 3.51. The zero-order valence-electron chi connectivity index (χ0n) is 11.8. The van der Waals surface area contributed by atoms with E-state index in [-0.39, 0.29) is 6.54 Å². The second-order valence-corrected chi connectivity index (χ2v) is 4.71. The Bertz CT molecular complexity index is 550. The van der Waals surface area contributed by atoms with Crippen molar-refractivity contribution < 1.29 is 9.90 Å². The van der Waals surface area contributed by atoms with E-state index in [2.05, 4.69) is 35.7 Å². The third-order valence-corrected chi connectivity index (χ3v) is 3.12. The van der Waals surface area contributed by atoms with Crippen molar-refractivity contribution in [2.24, 2.45) is 0 Å². The molecule has 0 bridgehead atoms. The normalized spacial score (nSPS) is 10.1. The fourth-order valence-electron chi connectivity index (χ4n) is 2.15. The van der Waals surface area contributed by atoms with Crippen LogP contribution < -0.4 is 5.32 Å². The van der Waals surface area contributed by atoms with E-state index >= 15 is 0 Å². The van der Waals surface area contributed by atoms with Crippen molar-refractivity contribution in [3.8, 4) is 0 Å². The summed E-state index contributed by atoms with van der Waals surface area (Å²) in [4.78, 5) is 10.5. The van der Waals surface area contributed by atoms with Crippen LogP contribution in [0.15, 0.2) is 66.7 Å². The van der Waals surface area contributed by atoms with Gasteiger partial charge in [-0.25, -0.2) is 0 Å². The SMILES string of the molecule is O=C(O)CNCCC=C(c1ccccc1)c1ccccc1. The molecule has 0 aromatic heterocycles. The number of benzene rings is 2. The Balaban J connectivity index is 2.11. The smallest absolute Gasteiger partial charge is 0.317 e. The van der Waals surface area contributed by atoms with E-state index < -0.39 is 5.97 Å². The first-order chi connectivity index (χ1) is 10.3. The molecule has 21 heavy (non-hydrogen) atoms. The van der Waals surface area contributed by atoms with Gasteiger partial charge in [-0.05, 0) is 29.7 Å². The first-order valence-electron chi connectivity index (χ1n) is 7.01. The molecule has 3 heteroatoms. The molecule has 0 radical (unpaired) electrons. The monoisotopic (exact) mass is 281 g/mol. The Kier molecular flexibility index (Phi) is 5.73. The minimum Gasteiger partial charge on any atom is -0.480 e. The summed E-state index contributed by atoms with van der Waals surface area (Å²) in [6.07, 6.45) is 2.94. The lowest BCUT2D eigenvalue weighted by molar-refractivity contribution is -0.135. The molecule has 0 aliphatic rings. The van der Waals surface area contributed by atoms with Gasteiger partial charge in [0, 0.05) is 0 Å². The molecule has 108 valence electrons. The lowest BCUT2D eigenvalue weighted by atomic mass is 9.97. The molecule has 2 rings (SSSR count). The number of aliphatic carboxylic acids is 1. The topological polar surface area (TPSA) is 49.3 Å². The lowest BCUT2D eigenvalue weighted by Gasteiger charge is -2.09. The summed E-state index contributed by atoms with van der Waals surface area (Å²) >= 11 is 0. The molecule has 0 aliphatic carbocycles. The number of carboxylic acids is 1. The summed E-state index contributed by atoms with van der Waals surface area (Å²) in [5.74, 6) is -0.828. The van der Waals surface area contributed by atoms with Gasteiger partial charge in [-0.15, -0.1) is 0 Å². The van der Waals surface area contributed by atoms with Gasteiger partial charge in [-0.2, -0.15) is 0 Å². The van der Waals surface area contributed by atoms with E-state index in [0.717, 1.165) is 6.42 Å². The van der Waals surface area contributed by atoms with E-state index in [1.165, 1.54) is 16.7 Å². The molecule has 0 atom stereocenters. The van der Waals surface area contributed by atoms with Crippen LogP contribution in [0.4, 0.5) is 0 Å². The Labute approximate surface area is 124 Å². The highest BCUT2D eigenvalue weighted by Crippen LogP contribution is 2.23. The first kappa shape index (κ1) is 15.0. The van der Waals surface area contributed by atoms with Gasteiger partial charge in [-0.1, -0.05) is 66.7 Å². The van der Waals surface area contributed by atoms with Crippen LogP contribution in [-0.2, 0) is 4.79 Å². The Hall–Kier alpha value is -2.39. The summed E-state index contributed by atoms with van der Waals surface area (Å²) < 4.78 is 0. The van der Waals surface area contributed by atoms with Gasteiger partial charge < -0.3 is 10.4 Å². The van der Waals surface area contributed by atoms with Crippen LogP contribution in [0.1, 0.15) is 17.5 Å². The summed E-state index contributed by atoms with van der Waals surface area (Å²) in [5, 5.41) is 11.5. The molecule has 2 aromatic rings. The van der Waals surface area contributed by atoms with Crippen LogP contribution in [0, 0.1) is 0 Å². The highest BCUT2D eigenvalue weighted by atomic mass is 16.4. The van der Waals surface area contributed by atoms with Gasteiger partial charge in [0.05, 0.1) is 6.54 Å². The van der Waals surface area contributed by atoms with Crippen molar-refractivity contribution in [3.63, 3.8) is 0 Å². The molecule has 2 N–H and O–H groups in total. The standard InChI is InChI=1S/C18H19NO2/c20-18(21)14-19-13-7-12-17(15-8-3-1-4-9-15)16-10-5-2-6-11-16/h1-6,8-12,19H,7,13-14H2,(H,20,21). The second kappa shape index (κ2) is 8.02. The Morgan fingerprint density at radius 1 is 0.952 bits per heavy atom. The van der Waals surface area contributed by atoms with E-state index in [0.29, 0.717) is 6.54 Å². The average Bonchev–Trinajstić information content (AvgIpc) is 2.52. The number of hydrogen-bond donors (Lipinski definition) is 2. The predicted molar refractivity (Wildman–Crippen MR) is 85.1 cm³/mol. The predicted octanol–water partition coefficient (Wildman–Crippen LogP) is 3.18. The first-order valence-corrected chi connectivity index (χ1v) is 7.01. The molecule has 2 aromatic carbocycles. The molecule has 0 spiro atoms. The van der Waals surface area contributed by atoms with E-state index in [1.807, 2.05) is 36.4 Å². The molecule has 0 heterocycles. The third-order valence-electron chi connectivity index (χ3n) is 3.12. The fourth-order valence-corrected chi connectivity index (χ4v) is 2.15. The molecule has 0 unspecified atom stereocenters. The largest absolute Gasteiger partial charge is 0.480 e. The van der Waals surface area contributed by atoms with Crippen molar-refractivity contribution in [1.82, 2.24) is 5.32 Å². The summed E-state index contributed by atoms with van der Waals surface area (Å²) in [6, 6.07) is 20.4. The van der Waals surface area contributed by atoms with Crippen LogP contribution in [-0.4, -0.2) is 24.2 Å². The third kappa shape index (κ3) is 4.89. The van der Waals surface area contributed by atoms with Gasteiger partial charge in [0.1, 0.15) is 0 Å². The maximum Gasteiger partial charge on any atom is 0.317 e. The van der Waals surface area contributed by atoms with Crippen LogP contribution in [0.2, 0.25) is 0 Å². The maximum absolute atomic E-state index is 10.5. The fraction of sp³-hybridized carbons (Fsp3) is 0.167. The lowest BCUT2D eigenvalue weighted by Crippen LogP contribution is -2.23. The highest BCUT2D eigenvalue weighted by Gasteiger charge is 2.03. The van der Waals surface area contributed by atoms with Crippen LogP contribution in [0.25, 0.3) is 5.57 Å². The maximum atomic E-state index is 10.5. The minimum atomic E-state index is -0.828. The van der Waals surface area contributed by atoms with Gasteiger partial charge in [0.15, 0.2) is 0 Å². The van der Waals surface area contributed by atoms with Gasteiger partial charge in [-0.3, -0.25) is 4.79 Å². The Morgan fingerprint density at radius 3 is 1.95 bits per heavy atom.